The molecule has 1 N–H and O–H groups in total. The zero-order valence-electron chi connectivity index (χ0n) is 9.91. The number of aliphatic carboxylic acids is 1. The van der Waals surface area contributed by atoms with Gasteiger partial charge in [-0.2, -0.15) is 5.26 Å². The highest BCUT2D eigenvalue weighted by atomic mass is 16.5. The second kappa shape index (κ2) is 5.65. The Morgan fingerprint density at radius 2 is 2.21 bits per heavy atom. The fourth-order valence-corrected chi connectivity index (χ4v) is 1.56. The summed E-state index contributed by atoms with van der Waals surface area (Å²) < 4.78 is 5.50. The van der Waals surface area contributed by atoms with Gasteiger partial charge in [-0.15, -0.1) is 0 Å². The summed E-state index contributed by atoms with van der Waals surface area (Å²) in [6, 6.07) is 11.9. The number of carbonyl (C=O) groups is 1. The van der Waals surface area contributed by atoms with Gasteiger partial charge in [0.05, 0.1) is 6.42 Å². The molecule has 5 nitrogen and oxygen atoms in total. The maximum absolute atomic E-state index is 10.6. The van der Waals surface area contributed by atoms with Crippen molar-refractivity contribution in [3.05, 3.63) is 53.7 Å². The van der Waals surface area contributed by atoms with Gasteiger partial charge < -0.3 is 9.84 Å². The molecule has 2 rings (SSSR count). The number of rotatable bonds is 4. The van der Waals surface area contributed by atoms with Crippen LogP contribution in [-0.2, 0) is 11.2 Å². The fourth-order valence-electron chi connectivity index (χ4n) is 1.56. The summed E-state index contributed by atoms with van der Waals surface area (Å²) in [6.45, 7) is 0. The molecule has 0 spiro atoms. The predicted molar refractivity (Wildman–Crippen MR) is 66.8 cm³/mol. The highest BCUT2D eigenvalue weighted by molar-refractivity contribution is 5.70. The van der Waals surface area contributed by atoms with Crippen molar-refractivity contribution >= 4 is 5.97 Å². The second-order valence-corrected chi connectivity index (χ2v) is 3.79. The SMILES string of the molecule is N#Cc1cccnc1Oc1cccc(CC(=O)O)c1. The molecule has 0 saturated carbocycles. The first-order chi connectivity index (χ1) is 9.19. The first-order valence-corrected chi connectivity index (χ1v) is 5.53. The number of pyridine rings is 1. The molecule has 0 fully saturated rings. The van der Waals surface area contributed by atoms with E-state index in [1.54, 1.807) is 36.4 Å². The van der Waals surface area contributed by atoms with Crippen LogP contribution in [0.1, 0.15) is 11.1 Å². The highest BCUT2D eigenvalue weighted by Gasteiger charge is 2.07. The molecular formula is C14H10N2O3. The maximum atomic E-state index is 10.6. The zero-order valence-corrected chi connectivity index (χ0v) is 9.91. The Morgan fingerprint density at radius 1 is 1.37 bits per heavy atom. The Kier molecular flexibility index (Phi) is 3.74. The molecule has 19 heavy (non-hydrogen) atoms. The Labute approximate surface area is 109 Å². The van der Waals surface area contributed by atoms with Crippen LogP contribution in [-0.4, -0.2) is 16.1 Å². The molecule has 0 atom stereocenters. The second-order valence-electron chi connectivity index (χ2n) is 3.79. The van der Waals surface area contributed by atoms with Crippen molar-refractivity contribution in [2.75, 3.05) is 0 Å². The van der Waals surface area contributed by atoms with Crippen molar-refractivity contribution < 1.29 is 14.6 Å². The first kappa shape index (κ1) is 12.6. The van der Waals surface area contributed by atoms with E-state index in [0.29, 0.717) is 16.9 Å². The van der Waals surface area contributed by atoms with Crippen molar-refractivity contribution in [2.24, 2.45) is 0 Å². The van der Waals surface area contributed by atoms with Gasteiger partial charge in [-0.1, -0.05) is 12.1 Å². The molecule has 0 saturated heterocycles. The molecule has 0 aliphatic rings. The van der Waals surface area contributed by atoms with E-state index in [1.165, 1.54) is 6.20 Å². The minimum atomic E-state index is -0.910. The molecule has 0 unspecified atom stereocenters. The average Bonchev–Trinajstić information content (AvgIpc) is 2.39. The van der Waals surface area contributed by atoms with Gasteiger partial charge in [0, 0.05) is 6.20 Å². The molecule has 1 aromatic heterocycles. The quantitative estimate of drug-likeness (QED) is 0.905. The summed E-state index contributed by atoms with van der Waals surface area (Å²) in [5, 5.41) is 17.7. The number of carboxylic acid groups (broad SMARTS) is 1. The van der Waals surface area contributed by atoms with Crippen LogP contribution in [0.4, 0.5) is 0 Å². The van der Waals surface area contributed by atoms with Gasteiger partial charge in [-0.3, -0.25) is 4.79 Å². The van der Waals surface area contributed by atoms with Gasteiger partial charge in [-0.25, -0.2) is 4.98 Å². The number of ether oxygens (including phenoxy) is 1. The standard InChI is InChI=1S/C14H10N2O3/c15-9-11-4-2-6-16-14(11)19-12-5-1-3-10(7-12)8-13(17)18/h1-7H,8H2,(H,17,18). The van der Waals surface area contributed by atoms with Crippen molar-refractivity contribution in [1.29, 1.82) is 5.26 Å². The van der Waals surface area contributed by atoms with E-state index in [4.69, 9.17) is 15.1 Å². The van der Waals surface area contributed by atoms with Crippen LogP contribution in [0.5, 0.6) is 11.6 Å². The van der Waals surface area contributed by atoms with Crippen LogP contribution >= 0.6 is 0 Å². The van der Waals surface area contributed by atoms with E-state index < -0.39 is 5.97 Å². The fraction of sp³-hybridized carbons (Fsp3) is 0.0714. The Hall–Kier alpha value is -2.87. The Balaban J connectivity index is 2.24. The van der Waals surface area contributed by atoms with Gasteiger partial charge in [0.1, 0.15) is 17.4 Å². The topological polar surface area (TPSA) is 83.2 Å². The third-order valence-corrected chi connectivity index (χ3v) is 2.36. The highest BCUT2D eigenvalue weighted by Crippen LogP contribution is 2.23. The molecule has 0 aliphatic heterocycles. The van der Waals surface area contributed by atoms with Crippen molar-refractivity contribution in [1.82, 2.24) is 4.98 Å². The van der Waals surface area contributed by atoms with Crippen LogP contribution < -0.4 is 4.74 Å². The van der Waals surface area contributed by atoms with Gasteiger partial charge in [0.25, 0.3) is 0 Å². The third kappa shape index (κ3) is 3.30. The summed E-state index contributed by atoms with van der Waals surface area (Å²) in [5.74, 6) is -0.251. The monoisotopic (exact) mass is 254 g/mol. The summed E-state index contributed by atoms with van der Waals surface area (Å²) >= 11 is 0. The first-order valence-electron chi connectivity index (χ1n) is 5.53. The molecule has 5 heteroatoms. The normalized spacial score (nSPS) is 9.63. The summed E-state index contributed by atoms with van der Waals surface area (Å²) in [6.07, 6.45) is 1.45. The van der Waals surface area contributed by atoms with Crippen LogP contribution in [0, 0.1) is 11.3 Å². The minimum Gasteiger partial charge on any atom is -0.481 e. The molecule has 0 aliphatic carbocycles. The Morgan fingerprint density at radius 3 is 2.95 bits per heavy atom. The number of hydrogen-bond acceptors (Lipinski definition) is 4. The van der Waals surface area contributed by atoms with Crippen LogP contribution in [0.15, 0.2) is 42.6 Å². The van der Waals surface area contributed by atoms with Gasteiger partial charge in [0.15, 0.2) is 0 Å². The van der Waals surface area contributed by atoms with Crippen LogP contribution in [0.3, 0.4) is 0 Å². The molecule has 2 aromatic rings. The molecule has 1 aromatic carbocycles. The minimum absolute atomic E-state index is 0.0788. The molecule has 94 valence electrons. The largest absolute Gasteiger partial charge is 0.481 e. The number of nitrogens with zero attached hydrogens (tertiary/aromatic N) is 2. The van der Waals surface area contributed by atoms with E-state index in [-0.39, 0.29) is 12.3 Å². The van der Waals surface area contributed by atoms with Gasteiger partial charge in [0.2, 0.25) is 5.88 Å². The van der Waals surface area contributed by atoms with Gasteiger partial charge >= 0.3 is 5.97 Å². The van der Waals surface area contributed by atoms with Crippen molar-refractivity contribution in [3.63, 3.8) is 0 Å². The van der Waals surface area contributed by atoms with Crippen LogP contribution in [0.2, 0.25) is 0 Å². The predicted octanol–water partition coefficient (Wildman–Crippen LogP) is 2.37. The lowest BCUT2D eigenvalue weighted by molar-refractivity contribution is -0.136. The van der Waals surface area contributed by atoms with Crippen molar-refractivity contribution in [3.8, 4) is 17.7 Å². The maximum Gasteiger partial charge on any atom is 0.307 e. The average molecular weight is 254 g/mol. The summed E-state index contributed by atoms with van der Waals surface area (Å²) in [5.41, 5.74) is 0.950. The zero-order chi connectivity index (χ0) is 13.7. The van der Waals surface area contributed by atoms with E-state index in [2.05, 4.69) is 4.98 Å². The number of aromatic nitrogens is 1. The number of carboxylic acids is 1. The van der Waals surface area contributed by atoms with Crippen molar-refractivity contribution in [2.45, 2.75) is 6.42 Å². The number of hydrogen-bond donors (Lipinski definition) is 1. The molecular weight excluding hydrogens is 244 g/mol. The molecule has 1 heterocycles. The smallest absolute Gasteiger partial charge is 0.307 e. The number of benzene rings is 1. The summed E-state index contributed by atoms with van der Waals surface area (Å²) in [7, 11) is 0. The van der Waals surface area contributed by atoms with Crippen LogP contribution in [0.25, 0.3) is 0 Å². The lowest BCUT2D eigenvalue weighted by Crippen LogP contribution is -2.00. The lowest BCUT2D eigenvalue weighted by Gasteiger charge is -2.06. The lowest BCUT2D eigenvalue weighted by atomic mass is 10.1. The number of nitriles is 1. The van der Waals surface area contributed by atoms with Gasteiger partial charge in [-0.05, 0) is 29.8 Å². The van der Waals surface area contributed by atoms with E-state index in [1.807, 2.05) is 6.07 Å². The Bertz CT molecular complexity index is 647. The summed E-state index contributed by atoms with van der Waals surface area (Å²) in [4.78, 5) is 14.6. The molecule has 0 bridgehead atoms. The van der Waals surface area contributed by atoms with E-state index >= 15 is 0 Å². The van der Waals surface area contributed by atoms with E-state index in [0.717, 1.165) is 0 Å². The van der Waals surface area contributed by atoms with E-state index in [9.17, 15) is 4.79 Å². The molecule has 0 amide bonds. The molecule has 0 radical (unpaired) electrons. The third-order valence-electron chi connectivity index (χ3n) is 2.36.